The predicted molar refractivity (Wildman–Crippen MR) is 83.2 cm³/mol. The molecule has 0 radical (unpaired) electrons. The van der Waals surface area contributed by atoms with Crippen LogP contribution in [0.5, 0.6) is 0 Å². The largest absolute Gasteiger partial charge is 0.368 e. The van der Waals surface area contributed by atoms with Crippen molar-refractivity contribution in [1.82, 2.24) is 14.9 Å². The summed E-state index contributed by atoms with van der Waals surface area (Å²) in [7, 11) is 0. The van der Waals surface area contributed by atoms with Crippen molar-refractivity contribution in [2.75, 3.05) is 55.4 Å². The molecule has 1 aromatic rings. The first-order valence-electron chi connectivity index (χ1n) is 6.37. The van der Waals surface area contributed by atoms with Crippen LogP contribution in [-0.4, -0.2) is 59.6 Å². The molecule has 7 heteroatoms. The highest BCUT2D eigenvalue weighted by atomic mass is 35.5. The number of nitrogen functional groups attached to an aromatic ring is 1. The molecule has 1 aliphatic heterocycles. The third kappa shape index (κ3) is 3.64. The van der Waals surface area contributed by atoms with Crippen LogP contribution in [0.4, 0.5) is 11.8 Å². The average molecular weight is 302 g/mol. The average Bonchev–Trinajstić information content (AvgIpc) is 2.41. The molecule has 2 rings (SSSR count). The first-order valence-corrected chi connectivity index (χ1v) is 8.15. The lowest BCUT2D eigenvalue weighted by Gasteiger charge is -2.35. The fourth-order valence-electron chi connectivity index (χ4n) is 2.18. The van der Waals surface area contributed by atoms with E-state index in [1.54, 1.807) is 0 Å². The maximum Gasteiger partial charge on any atom is 0.222 e. The minimum Gasteiger partial charge on any atom is -0.368 e. The number of rotatable bonds is 4. The first-order chi connectivity index (χ1) is 9.11. The molecule has 106 valence electrons. The minimum atomic E-state index is 0.293. The number of halogens is 1. The summed E-state index contributed by atoms with van der Waals surface area (Å²) in [6.45, 7) is 6.96. The van der Waals surface area contributed by atoms with Gasteiger partial charge in [0, 0.05) is 38.5 Å². The predicted octanol–water partition coefficient (Wildman–Crippen LogP) is 1.51. The summed E-state index contributed by atoms with van der Waals surface area (Å²) < 4.78 is 0. The van der Waals surface area contributed by atoms with Crippen molar-refractivity contribution in [3.63, 3.8) is 0 Å². The van der Waals surface area contributed by atoms with E-state index in [9.17, 15) is 0 Å². The Morgan fingerprint density at radius 3 is 2.58 bits per heavy atom. The van der Waals surface area contributed by atoms with E-state index in [-0.39, 0.29) is 0 Å². The number of hydrogen-bond donors (Lipinski definition) is 1. The molecular formula is C12H20ClN5S. The van der Waals surface area contributed by atoms with Gasteiger partial charge in [0.05, 0.1) is 5.69 Å². The highest BCUT2D eigenvalue weighted by Gasteiger charge is 2.21. The fourth-order valence-corrected chi connectivity index (χ4v) is 2.82. The monoisotopic (exact) mass is 301 g/mol. The Morgan fingerprint density at radius 1 is 1.26 bits per heavy atom. The molecule has 0 amide bonds. The summed E-state index contributed by atoms with van der Waals surface area (Å²) >= 11 is 8.16. The van der Waals surface area contributed by atoms with E-state index in [0.717, 1.165) is 44.2 Å². The van der Waals surface area contributed by atoms with Crippen molar-refractivity contribution in [2.24, 2.45) is 0 Å². The van der Waals surface area contributed by atoms with Gasteiger partial charge in [-0.05, 0) is 13.2 Å². The smallest absolute Gasteiger partial charge is 0.222 e. The maximum atomic E-state index is 6.28. The van der Waals surface area contributed by atoms with Crippen molar-refractivity contribution in [3.05, 3.63) is 10.7 Å². The van der Waals surface area contributed by atoms with Crippen molar-refractivity contribution < 1.29 is 0 Å². The third-order valence-corrected chi connectivity index (χ3v) is 4.33. The number of thioether (sulfide) groups is 1. The van der Waals surface area contributed by atoms with Crippen LogP contribution in [0.3, 0.4) is 0 Å². The van der Waals surface area contributed by atoms with Gasteiger partial charge >= 0.3 is 0 Å². The fraction of sp³-hybridized carbons (Fsp3) is 0.667. The second-order valence-corrected chi connectivity index (χ2v) is 5.99. The van der Waals surface area contributed by atoms with Crippen molar-refractivity contribution >= 4 is 35.1 Å². The lowest BCUT2D eigenvalue weighted by molar-refractivity contribution is 0.273. The van der Waals surface area contributed by atoms with Crippen LogP contribution in [0.25, 0.3) is 0 Å². The summed E-state index contributed by atoms with van der Waals surface area (Å²) in [5, 5.41) is 0.617. The Balaban J connectivity index is 2.01. The standard InChI is InChI=1S/C12H20ClN5S/c1-9-10(13)11(16-12(14)15-9)18-5-3-17(4-6-18)7-8-19-2/h3-8H2,1-2H3,(H2,14,15,16). The summed E-state index contributed by atoms with van der Waals surface area (Å²) in [4.78, 5) is 13.0. The van der Waals surface area contributed by atoms with Crippen molar-refractivity contribution in [2.45, 2.75) is 6.92 Å². The van der Waals surface area contributed by atoms with Crippen molar-refractivity contribution in [1.29, 1.82) is 0 Å². The molecule has 1 saturated heterocycles. The quantitative estimate of drug-likeness (QED) is 0.910. The van der Waals surface area contributed by atoms with Gasteiger partial charge in [0.25, 0.3) is 0 Å². The first kappa shape index (κ1) is 14.7. The minimum absolute atomic E-state index is 0.293. The van der Waals surface area contributed by atoms with E-state index in [1.807, 2.05) is 18.7 Å². The summed E-state index contributed by atoms with van der Waals surface area (Å²) in [6.07, 6.45) is 2.14. The highest BCUT2D eigenvalue weighted by Crippen LogP contribution is 2.27. The Labute approximate surface area is 123 Å². The van der Waals surface area contributed by atoms with Gasteiger partial charge in [-0.25, -0.2) is 4.98 Å². The number of piperazine rings is 1. The molecule has 0 aromatic carbocycles. The van der Waals surface area contributed by atoms with Crippen molar-refractivity contribution in [3.8, 4) is 0 Å². The van der Waals surface area contributed by atoms with E-state index in [1.165, 1.54) is 5.75 Å². The van der Waals surface area contributed by atoms with E-state index >= 15 is 0 Å². The lowest BCUT2D eigenvalue weighted by Crippen LogP contribution is -2.47. The molecule has 5 nitrogen and oxygen atoms in total. The molecule has 0 aliphatic carbocycles. The van der Waals surface area contributed by atoms with Crippen LogP contribution in [0.2, 0.25) is 5.02 Å². The van der Waals surface area contributed by atoms with Gasteiger partial charge in [0.2, 0.25) is 5.95 Å². The molecule has 2 N–H and O–H groups in total. The summed E-state index contributed by atoms with van der Waals surface area (Å²) in [5.41, 5.74) is 6.45. The van der Waals surface area contributed by atoms with Crippen LogP contribution >= 0.6 is 23.4 Å². The number of anilines is 2. The molecule has 2 heterocycles. The van der Waals surface area contributed by atoms with E-state index in [2.05, 4.69) is 26.0 Å². The third-order valence-electron chi connectivity index (χ3n) is 3.30. The Bertz CT molecular complexity index is 434. The van der Waals surface area contributed by atoms with Crippen LogP contribution in [0, 0.1) is 6.92 Å². The zero-order valence-corrected chi connectivity index (χ0v) is 13.0. The SMILES string of the molecule is CSCCN1CCN(c2nc(N)nc(C)c2Cl)CC1. The number of aromatic nitrogens is 2. The van der Waals surface area contributed by atoms with E-state index in [0.29, 0.717) is 11.0 Å². The molecule has 1 aliphatic rings. The Kier molecular flexibility index (Phi) is 5.13. The summed E-state index contributed by atoms with van der Waals surface area (Å²) in [5.74, 6) is 2.25. The zero-order valence-electron chi connectivity index (χ0n) is 11.4. The van der Waals surface area contributed by atoms with Gasteiger partial charge in [-0.3, -0.25) is 4.90 Å². The Morgan fingerprint density at radius 2 is 1.95 bits per heavy atom. The Hall–Kier alpha value is -0.720. The zero-order chi connectivity index (χ0) is 13.8. The highest BCUT2D eigenvalue weighted by molar-refractivity contribution is 7.98. The second-order valence-electron chi connectivity index (χ2n) is 4.63. The lowest BCUT2D eigenvalue weighted by atomic mass is 10.3. The van der Waals surface area contributed by atoms with Crippen LogP contribution < -0.4 is 10.6 Å². The van der Waals surface area contributed by atoms with E-state index < -0.39 is 0 Å². The second kappa shape index (κ2) is 6.63. The number of nitrogens with zero attached hydrogens (tertiary/aromatic N) is 4. The molecule has 1 fully saturated rings. The molecule has 0 atom stereocenters. The number of aryl methyl sites for hydroxylation is 1. The normalized spacial score (nSPS) is 16.9. The van der Waals surface area contributed by atoms with Gasteiger partial charge in [0.15, 0.2) is 5.82 Å². The molecule has 0 saturated carbocycles. The number of hydrogen-bond acceptors (Lipinski definition) is 6. The van der Waals surface area contributed by atoms with Crippen LogP contribution in [-0.2, 0) is 0 Å². The molecule has 19 heavy (non-hydrogen) atoms. The van der Waals surface area contributed by atoms with Gasteiger partial charge < -0.3 is 10.6 Å². The van der Waals surface area contributed by atoms with Gasteiger partial charge in [-0.2, -0.15) is 16.7 Å². The molecule has 0 spiro atoms. The molecular weight excluding hydrogens is 282 g/mol. The number of nitrogens with two attached hydrogens (primary N) is 1. The summed E-state index contributed by atoms with van der Waals surface area (Å²) in [6, 6.07) is 0. The van der Waals surface area contributed by atoms with Gasteiger partial charge in [0.1, 0.15) is 5.02 Å². The van der Waals surface area contributed by atoms with Gasteiger partial charge in [-0.1, -0.05) is 11.6 Å². The molecule has 0 unspecified atom stereocenters. The van der Waals surface area contributed by atoms with Gasteiger partial charge in [-0.15, -0.1) is 0 Å². The van der Waals surface area contributed by atoms with E-state index in [4.69, 9.17) is 17.3 Å². The topological polar surface area (TPSA) is 58.3 Å². The molecule has 0 bridgehead atoms. The maximum absolute atomic E-state index is 6.28. The van der Waals surface area contributed by atoms with Crippen LogP contribution in [0.1, 0.15) is 5.69 Å². The van der Waals surface area contributed by atoms with Crippen LogP contribution in [0.15, 0.2) is 0 Å². The molecule has 1 aromatic heterocycles.